The van der Waals surface area contributed by atoms with Crippen molar-refractivity contribution < 1.29 is 24.0 Å². The predicted molar refractivity (Wildman–Crippen MR) is 137 cm³/mol. The van der Waals surface area contributed by atoms with Gasteiger partial charge in [-0.3, -0.25) is 25.0 Å². The molecule has 1 amide bonds. The minimum Gasteiger partial charge on any atom is -0.493 e. The number of nitro benzene ring substituents is 1. The van der Waals surface area contributed by atoms with Crippen LogP contribution in [0.3, 0.4) is 0 Å². The first-order valence-electron chi connectivity index (χ1n) is 10.4. The van der Waals surface area contributed by atoms with E-state index in [9.17, 15) is 19.7 Å². The molecule has 0 aliphatic carbocycles. The van der Waals surface area contributed by atoms with Crippen molar-refractivity contribution >= 4 is 45.4 Å². The van der Waals surface area contributed by atoms with Crippen molar-refractivity contribution in [3.05, 3.63) is 92.3 Å². The van der Waals surface area contributed by atoms with Crippen LogP contribution < -0.4 is 14.8 Å². The molecule has 4 rings (SSSR count). The molecule has 0 radical (unpaired) electrons. The van der Waals surface area contributed by atoms with Crippen LogP contribution in [-0.4, -0.2) is 28.7 Å². The Morgan fingerprint density at radius 3 is 2.42 bits per heavy atom. The van der Waals surface area contributed by atoms with Crippen LogP contribution >= 0.6 is 22.9 Å². The number of benzene rings is 3. The zero-order chi connectivity index (χ0) is 25.8. The molecular formula is C25H18ClN3O6S. The van der Waals surface area contributed by atoms with Crippen LogP contribution in [-0.2, 0) is 0 Å². The van der Waals surface area contributed by atoms with Crippen molar-refractivity contribution in [3.63, 3.8) is 0 Å². The number of carbonyl (C=O) groups excluding carboxylic acids is 2. The average molecular weight is 524 g/mol. The van der Waals surface area contributed by atoms with Gasteiger partial charge in [0.15, 0.2) is 22.4 Å². The second-order valence-corrected chi connectivity index (χ2v) is 8.85. The number of hydrogen-bond acceptors (Lipinski definition) is 8. The van der Waals surface area contributed by atoms with Crippen molar-refractivity contribution in [2.24, 2.45) is 0 Å². The Bertz CT molecular complexity index is 1470. The van der Waals surface area contributed by atoms with Crippen molar-refractivity contribution in [3.8, 4) is 28.5 Å². The molecule has 0 fully saturated rings. The standard InChI is InChI=1S/C25H18ClN3O6S/c1-14(30)23-22(15-6-4-3-5-7-15)27-25(36-23)28-24(31)16-8-10-20(21(12-16)34-2)35-19-11-9-17(26)13-18(19)29(32)33/h3-13H,1-2H3,(H,27,28,31). The van der Waals surface area contributed by atoms with Crippen LogP contribution in [0.1, 0.15) is 27.0 Å². The van der Waals surface area contributed by atoms with E-state index >= 15 is 0 Å². The number of ether oxygens (including phenoxy) is 2. The third-order valence-electron chi connectivity index (χ3n) is 4.98. The molecule has 0 aliphatic rings. The van der Waals surface area contributed by atoms with Crippen LogP contribution in [0.4, 0.5) is 10.8 Å². The number of nitro groups is 1. The highest BCUT2D eigenvalue weighted by Gasteiger charge is 2.21. The number of nitrogens with one attached hydrogen (secondary N) is 1. The van der Waals surface area contributed by atoms with E-state index in [1.807, 2.05) is 30.3 Å². The third-order valence-corrected chi connectivity index (χ3v) is 6.28. The molecule has 0 aliphatic heterocycles. The Labute approximate surface area is 214 Å². The summed E-state index contributed by atoms with van der Waals surface area (Å²) in [6.45, 7) is 1.44. The summed E-state index contributed by atoms with van der Waals surface area (Å²) in [7, 11) is 1.38. The van der Waals surface area contributed by atoms with E-state index in [0.717, 1.165) is 16.9 Å². The fourth-order valence-electron chi connectivity index (χ4n) is 3.30. The van der Waals surface area contributed by atoms with E-state index in [1.54, 1.807) is 0 Å². The summed E-state index contributed by atoms with van der Waals surface area (Å²) < 4.78 is 11.0. The van der Waals surface area contributed by atoms with E-state index in [2.05, 4.69) is 10.3 Å². The number of anilines is 1. The molecule has 11 heteroatoms. The van der Waals surface area contributed by atoms with Crippen LogP contribution in [0, 0.1) is 10.1 Å². The van der Waals surface area contributed by atoms with E-state index in [-0.39, 0.29) is 44.4 Å². The summed E-state index contributed by atoms with van der Waals surface area (Å²) in [5, 5.41) is 14.5. The number of ketones is 1. The highest BCUT2D eigenvalue weighted by Crippen LogP contribution is 2.38. The van der Waals surface area contributed by atoms with Gasteiger partial charge in [0, 0.05) is 29.1 Å². The Morgan fingerprint density at radius 1 is 1.03 bits per heavy atom. The second kappa shape index (κ2) is 10.5. The largest absolute Gasteiger partial charge is 0.493 e. The zero-order valence-corrected chi connectivity index (χ0v) is 20.6. The number of nitrogens with zero attached hydrogens (tertiary/aromatic N) is 2. The normalized spacial score (nSPS) is 10.5. The molecule has 36 heavy (non-hydrogen) atoms. The minimum atomic E-state index is -0.609. The number of methoxy groups -OCH3 is 1. The predicted octanol–water partition coefficient (Wildman–Crippen LogP) is 6.63. The SMILES string of the molecule is COc1cc(C(=O)Nc2nc(-c3ccccc3)c(C(C)=O)s2)ccc1Oc1ccc(Cl)cc1[N+](=O)[O-]. The van der Waals surface area contributed by atoms with Gasteiger partial charge in [-0.25, -0.2) is 4.98 Å². The first-order chi connectivity index (χ1) is 17.3. The summed E-state index contributed by atoms with van der Waals surface area (Å²) in [4.78, 5) is 40.7. The molecule has 0 saturated heterocycles. The number of halogens is 1. The molecule has 0 spiro atoms. The van der Waals surface area contributed by atoms with E-state index in [0.29, 0.717) is 10.6 Å². The van der Waals surface area contributed by atoms with Crippen LogP contribution in [0.15, 0.2) is 66.7 Å². The van der Waals surface area contributed by atoms with Gasteiger partial charge in [0.25, 0.3) is 5.91 Å². The van der Waals surface area contributed by atoms with E-state index in [4.69, 9.17) is 21.1 Å². The lowest BCUT2D eigenvalue weighted by Crippen LogP contribution is -2.12. The first kappa shape index (κ1) is 24.8. The summed E-state index contributed by atoms with van der Waals surface area (Å²) in [5.74, 6) is -0.334. The molecule has 0 saturated carbocycles. The van der Waals surface area contributed by atoms with Crippen molar-refractivity contribution in [1.29, 1.82) is 0 Å². The smallest absolute Gasteiger partial charge is 0.313 e. The van der Waals surface area contributed by atoms with Gasteiger partial charge in [-0.15, -0.1) is 0 Å². The summed E-state index contributed by atoms with van der Waals surface area (Å²) >= 11 is 6.94. The van der Waals surface area contributed by atoms with Gasteiger partial charge >= 0.3 is 5.69 Å². The number of amides is 1. The van der Waals surface area contributed by atoms with Gasteiger partial charge in [0.1, 0.15) is 0 Å². The second-order valence-electron chi connectivity index (χ2n) is 7.41. The lowest BCUT2D eigenvalue weighted by Gasteiger charge is -2.12. The lowest BCUT2D eigenvalue weighted by molar-refractivity contribution is -0.385. The Morgan fingerprint density at radius 2 is 1.75 bits per heavy atom. The first-order valence-corrected chi connectivity index (χ1v) is 11.6. The highest BCUT2D eigenvalue weighted by atomic mass is 35.5. The Hall–Kier alpha value is -4.28. The monoisotopic (exact) mass is 523 g/mol. The van der Waals surface area contributed by atoms with Crippen molar-refractivity contribution in [2.75, 3.05) is 12.4 Å². The molecule has 1 aromatic heterocycles. The van der Waals surface area contributed by atoms with E-state index in [1.165, 1.54) is 50.4 Å². The lowest BCUT2D eigenvalue weighted by atomic mass is 10.1. The summed E-state index contributed by atoms with van der Waals surface area (Å²) in [5.41, 5.74) is 1.17. The molecule has 0 unspecified atom stereocenters. The molecule has 1 heterocycles. The number of rotatable bonds is 8. The molecular weight excluding hydrogens is 506 g/mol. The maximum absolute atomic E-state index is 12.9. The highest BCUT2D eigenvalue weighted by molar-refractivity contribution is 7.18. The molecule has 9 nitrogen and oxygen atoms in total. The fourth-order valence-corrected chi connectivity index (χ4v) is 4.35. The number of hydrogen-bond donors (Lipinski definition) is 1. The molecule has 0 atom stereocenters. The van der Waals surface area contributed by atoms with Gasteiger partial charge in [0.2, 0.25) is 5.75 Å². The van der Waals surface area contributed by atoms with Gasteiger partial charge < -0.3 is 9.47 Å². The van der Waals surface area contributed by atoms with Crippen molar-refractivity contribution in [1.82, 2.24) is 4.98 Å². The zero-order valence-electron chi connectivity index (χ0n) is 19.0. The molecule has 1 N–H and O–H groups in total. The maximum atomic E-state index is 12.9. The van der Waals surface area contributed by atoms with Crippen molar-refractivity contribution in [2.45, 2.75) is 6.92 Å². The number of aromatic nitrogens is 1. The summed E-state index contributed by atoms with van der Waals surface area (Å²) in [6, 6.07) is 17.6. The average Bonchev–Trinajstić information content (AvgIpc) is 3.29. The third kappa shape index (κ3) is 5.35. The van der Waals surface area contributed by atoms with Crippen LogP contribution in [0.2, 0.25) is 5.02 Å². The van der Waals surface area contributed by atoms with Crippen LogP contribution in [0.5, 0.6) is 17.2 Å². The number of carbonyl (C=O) groups is 2. The molecule has 3 aromatic carbocycles. The fraction of sp³-hybridized carbons (Fsp3) is 0.0800. The van der Waals surface area contributed by atoms with Gasteiger partial charge in [-0.05, 0) is 30.3 Å². The Kier molecular flexibility index (Phi) is 7.28. The van der Waals surface area contributed by atoms with E-state index < -0.39 is 10.8 Å². The molecule has 4 aromatic rings. The van der Waals surface area contributed by atoms with Gasteiger partial charge in [0.05, 0.1) is 22.6 Å². The van der Waals surface area contributed by atoms with Crippen LogP contribution in [0.25, 0.3) is 11.3 Å². The molecule has 182 valence electrons. The maximum Gasteiger partial charge on any atom is 0.313 e. The van der Waals surface area contributed by atoms with Gasteiger partial charge in [-0.1, -0.05) is 53.3 Å². The minimum absolute atomic E-state index is 0.0344. The quantitative estimate of drug-likeness (QED) is 0.156. The number of thiazole rings is 1. The topological polar surface area (TPSA) is 121 Å². The number of Topliss-reactive ketones (excluding diaryl/α,β-unsaturated/α-hetero) is 1. The van der Waals surface area contributed by atoms with Gasteiger partial charge in [-0.2, -0.15) is 0 Å². The molecule has 0 bridgehead atoms. The Balaban J connectivity index is 1.59. The summed E-state index contributed by atoms with van der Waals surface area (Å²) in [6.07, 6.45) is 0.